The highest BCUT2D eigenvalue weighted by atomic mass is 16.5. The SMILES string of the molecule is COc1ccc(C(=O)N2C[C@@H](c3ccccc3)O[C@@H](C3CC3)C2)cc1N1CCOCC1. The molecule has 3 aliphatic rings. The molecule has 5 rings (SSSR count). The zero-order valence-electron chi connectivity index (χ0n) is 18.0. The summed E-state index contributed by atoms with van der Waals surface area (Å²) in [4.78, 5) is 17.8. The molecule has 3 fully saturated rings. The third kappa shape index (κ3) is 4.41. The second-order valence-corrected chi connectivity index (χ2v) is 8.61. The zero-order valence-corrected chi connectivity index (χ0v) is 18.0. The standard InChI is InChI=1S/C25H30N2O4/c1-29-22-10-9-20(15-21(22)26-11-13-30-14-12-26)25(28)27-16-23(18-5-3-2-4-6-18)31-24(17-27)19-7-8-19/h2-6,9-10,15,19,23-24H,7-8,11-14,16-17H2,1H3/t23-,24+/m0/s1. The molecule has 6 nitrogen and oxygen atoms in total. The fourth-order valence-electron chi connectivity index (χ4n) is 4.59. The molecular formula is C25H30N2O4. The van der Waals surface area contributed by atoms with Crippen LogP contribution in [-0.2, 0) is 9.47 Å². The topological polar surface area (TPSA) is 51.2 Å². The number of carbonyl (C=O) groups excluding carboxylic acids is 1. The monoisotopic (exact) mass is 422 g/mol. The summed E-state index contributed by atoms with van der Waals surface area (Å²) in [6.07, 6.45) is 2.41. The fraction of sp³-hybridized carbons (Fsp3) is 0.480. The number of nitrogens with zero attached hydrogens (tertiary/aromatic N) is 2. The van der Waals surface area contributed by atoms with Crippen LogP contribution >= 0.6 is 0 Å². The number of anilines is 1. The van der Waals surface area contributed by atoms with E-state index in [0.29, 0.717) is 37.8 Å². The number of methoxy groups -OCH3 is 1. The van der Waals surface area contributed by atoms with E-state index in [-0.39, 0.29) is 18.1 Å². The molecule has 0 radical (unpaired) electrons. The lowest BCUT2D eigenvalue weighted by Crippen LogP contribution is -2.47. The van der Waals surface area contributed by atoms with Crippen LogP contribution in [0.5, 0.6) is 5.75 Å². The summed E-state index contributed by atoms with van der Waals surface area (Å²) >= 11 is 0. The minimum absolute atomic E-state index is 0.0621. The lowest BCUT2D eigenvalue weighted by molar-refractivity contribution is -0.0864. The van der Waals surface area contributed by atoms with Gasteiger partial charge in [-0.25, -0.2) is 0 Å². The van der Waals surface area contributed by atoms with Crippen LogP contribution in [0.25, 0.3) is 0 Å². The van der Waals surface area contributed by atoms with Crippen molar-refractivity contribution in [1.82, 2.24) is 4.90 Å². The highest BCUT2D eigenvalue weighted by molar-refractivity contribution is 5.96. The third-order valence-electron chi connectivity index (χ3n) is 6.51. The second kappa shape index (κ2) is 8.89. The molecule has 2 saturated heterocycles. The first-order valence-corrected chi connectivity index (χ1v) is 11.2. The van der Waals surface area contributed by atoms with Crippen LogP contribution < -0.4 is 9.64 Å². The molecule has 6 heteroatoms. The van der Waals surface area contributed by atoms with Gasteiger partial charge < -0.3 is 24.0 Å². The van der Waals surface area contributed by atoms with E-state index in [1.807, 2.05) is 41.3 Å². The van der Waals surface area contributed by atoms with Crippen LogP contribution in [0.2, 0.25) is 0 Å². The first-order chi connectivity index (χ1) is 15.2. The highest BCUT2D eigenvalue weighted by Crippen LogP contribution is 2.40. The molecule has 164 valence electrons. The number of ether oxygens (including phenoxy) is 3. The molecule has 0 N–H and O–H groups in total. The van der Waals surface area contributed by atoms with Gasteiger partial charge >= 0.3 is 0 Å². The Morgan fingerprint density at radius 3 is 2.52 bits per heavy atom. The maximum Gasteiger partial charge on any atom is 0.254 e. The average Bonchev–Trinajstić information content (AvgIpc) is 3.70. The number of morpholine rings is 2. The Labute approximate surface area is 183 Å². The summed E-state index contributed by atoms with van der Waals surface area (Å²) in [7, 11) is 1.67. The second-order valence-electron chi connectivity index (χ2n) is 8.61. The molecule has 2 atom stereocenters. The van der Waals surface area contributed by atoms with Gasteiger partial charge in [-0.1, -0.05) is 30.3 Å². The average molecular weight is 423 g/mol. The van der Waals surface area contributed by atoms with Crippen LogP contribution in [0.4, 0.5) is 5.69 Å². The van der Waals surface area contributed by atoms with Gasteiger partial charge in [0.25, 0.3) is 5.91 Å². The normalized spacial score (nSPS) is 24.2. The van der Waals surface area contributed by atoms with Crippen molar-refractivity contribution in [1.29, 1.82) is 0 Å². The first-order valence-electron chi connectivity index (χ1n) is 11.2. The Kier molecular flexibility index (Phi) is 5.83. The van der Waals surface area contributed by atoms with Crippen LogP contribution in [0.1, 0.15) is 34.9 Å². The predicted molar refractivity (Wildman–Crippen MR) is 119 cm³/mol. The molecule has 31 heavy (non-hydrogen) atoms. The largest absolute Gasteiger partial charge is 0.495 e. The molecular weight excluding hydrogens is 392 g/mol. The lowest BCUT2D eigenvalue weighted by Gasteiger charge is -2.39. The van der Waals surface area contributed by atoms with E-state index in [1.165, 1.54) is 12.8 Å². The van der Waals surface area contributed by atoms with Crippen molar-refractivity contribution in [2.75, 3.05) is 51.4 Å². The van der Waals surface area contributed by atoms with Crippen molar-refractivity contribution in [2.45, 2.75) is 25.0 Å². The van der Waals surface area contributed by atoms with E-state index < -0.39 is 0 Å². The number of rotatable bonds is 5. The molecule has 2 aromatic carbocycles. The summed E-state index contributed by atoms with van der Waals surface area (Å²) in [6, 6.07) is 16.0. The van der Waals surface area contributed by atoms with E-state index in [4.69, 9.17) is 14.2 Å². The molecule has 0 bridgehead atoms. The number of hydrogen-bond donors (Lipinski definition) is 0. The van der Waals surface area contributed by atoms with E-state index in [9.17, 15) is 4.79 Å². The molecule has 1 aliphatic carbocycles. The van der Waals surface area contributed by atoms with Crippen LogP contribution in [0, 0.1) is 5.92 Å². The van der Waals surface area contributed by atoms with Crippen molar-refractivity contribution in [3.8, 4) is 5.75 Å². The Balaban J connectivity index is 1.40. The van der Waals surface area contributed by atoms with Gasteiger partial charge in [0.05, 0.1) is 38.7 Å². The van der Waals surface area contributed by atoms with Gasteiger partial charge in [0.1, 0.15) is 11.9 Å². The van der Waals surface area contributed by atoms with Crippen LogP contribution in [0.15, 0.2) is 48.5 Å². The Hall–Kier alpha value is -2.57. The number of benzene rings is 2. The van der Waals surface area contributed by atoms with E-state index >= 15 is 0 Å². The maximum absolute atomic E-state index is 13.6. The van der Waals surface area contributed by atoms with Crippen LogP contribution in [-0.4, -0.2) is 63.4 Å². The zero-order chi connectivity index (χ0) is 21.2. The molecule has 0 spiro atoms. The quantitative estimate of drug-likeness (QED) is 0.738. The fourth-order valence-corrected chi connectivity index (χ4v) is 4.59. The van der Waals surface area contributed by atoms with Crippen molar-refractivity contribution in [3.63, 3.8) is 0 Å². The van der Waals surface area contributed by atoms with E-state index in [0.717, 1.165) is 30.1 Å². The Bertz CT molecular complexity index is 909. The minimum atomic E-state index is -0.0820. The van der Waals surface area contributed by atoms with Gasteiger partial charge in [-0.3, -0.25) is 4.79 Å². The highest BCUT2D eigenvalue weighted by Gasteiger charge is 2.40. The minimum Gasteiger partial charge on any atom is -0.495 e. The number of carbonyl (C=O) groups is 1. The van der Waals surface area contributed by atoms with E-state index in [2.05, 4.69) is 17.0 Å². The molecule has 0 unspecified atom stereocenters. The van der Waals surface area contributed by atoms with Crippen molar-refractivity contribution >= 4 is 11.6 Å². The number of hydrogen-bond acceptors (Lipinski definition) is 5. The van der Waals surface area contributed by atoms with Gasteiger partial charge in [-0.2, -0.15) is 0 Å². The van der Waals surface area contributed by atoms with Crippen LogP contribution in [0.3, 0.4) is 0 Å². The summed E-state index contributed by atoms with van der Waals surface area (Å²) in [6.45, 7) is 4.20. The van der Waals surface area contributed by atoms with Gasteiger partial charge in [0, 0.05) is 25.2 Å². The van der Waals surface area contributed by atoms with Gasteiger partial charge in [0.2, 0.25) is 0 Å². The molecule has 2 aliphatic heterocycles. The molecule has 0 aromatic heterocycles. The van der Waals surface area contributed by atoms with Gasteiger partial charge in [-0.05, 0) is 42.5 Å². The number of amides is 1. The predicted octanol–water partition coefficient (Wildman–Crippen LogP) is 3.52. The van der Waals surface area contributed by atoms with E-state index in [1.54, 1.807) is 7.11 Å². The summed E-state index contributed by atoms with van der Waals surface area (Å²) in [5, 5.41) is 0. The molecule has 2 aromatic rings. The molecule has 2 heterocycles. The Morgan fingerprint density at radius 1 is 1.03 bits per heavy atom. The van der Waals surface area contributed by atoms with Crippen molar-refractivity contribution in [2.24, 2.45) is 5.92 Å². The van der Waals surface area contributed by atoms with Gasteiger partial charge in [0.15, 0.2) is 0 Å². The van der Waals surface area contributed by atoms with Crippen molar-refractivity contribution < 1.29 is 19.0 Å². The van der Waals surface area contributed by atoms with Crippen molar-refractivity contribution in [3.05, 3.63) is 59.7 Å². The molecule has 1 saturated carbocycles. The maximum atomic E-state index is 13.6. The summed E-state index contributed by atoms with van der Waals surface area (Å²) in [5.74, 6) is 1.42. The van der Waals surface area contributed by atoms with Gasteiger partial charge in [-0.15, -0.1) is 0 Å². The molecule has 1 amide bonds. The lowest BCUT2D eigenvalue weighted by atomic mass is 10.0. The first kappa shape index (κ1) is 20.3. The third-order valence-corrected chi connectivity index (χ3v) is 6.51. The smallest absolute Gasteiger partial charge is 0.254 e. The Morgan fingerprint density at radius 2 is 1.81 bits per heavy atom. The summed E-state index contributed by atoms with van der Waals surface area (Å²) in [5.41, 5.74) is 2.79. The summed E-state index contributed by atoms with van der Waals surface area (Å²) < 4.78 is 17.5.